The molecule has 0 aromatic heterocycles. The highest BCUT2D eigenvalue weighted by Gasteiger charge is 2.22. The molecule has 3 rings (SSSR count). The number of ether oxygens (including phenoxy) is 2. The van der Waals surface area contributed by atoms with Crippen LogP contribution in [-0.4, -0.2) is 23.4 Å². The molecular weight excluding hydrogens is 378 g/mol. The van der Waals surface area contributed by atoms with Gasteiger partial charge in [0.25, 0.3) is 5.91 Å². The predicted molar refractivity (Wildman–Crippen MR) is 114 cm³/mol. The summed E-state index contributed by atoms with van der Waals surface area (Å²) in [5.74, 6) is 1.49. The van der Waals surface area contributed by atoms with Gasteiger partial charge in [0.15, 0.2) is 0 Å². The van der Waals surface area contributed by atoms with Crippen molar-refractivity contribution in [1.29, 1.82) is 0 Å². The Morgan fingerprint density at radius 3 is 2.56 bits per heavy atom. The fourth-order valence-electron chi connectivity index (χ4n) is 2.58. The number of amides is 1. The minimum atomic E-state index is -0.165. The quantitative estimate of drug-likeness (QED) is 0.418. The molecule has 0 spiro atoms. The van der Waals surface area contributed by atoms with Gasteiger partial charge in [-0.05, 0) is 43.2 Å². The number of hydrogen-bond acceptors (Lipinski definition) is 5. The zero-order valence-corrected chi connectivity index (χ0v) is 16.9. The Hall–Kier alpha value is -2.31. The number of carbonyl (C=O) groups excluding carboxylic acids is 1. The molecule has 0 bridgehead atoms. The van der Waals surface area contributed by atoms with Crippen LogP contribution in [0.15, 0.2) is 47.4 Å². The van der Waals surface area contributed by atoms with Crippen molar-refractivity contribution in [2.75, 3.05) is 13.2 Å². The van der Waals surface area contributed by atoms with Gasteiger partial charge in [-0.15, -0.1) is 0 Å². The van der Waals surface area contributed by atoms with Crippen LogP contribution < -0.4 is 14.8 Å². The van der Waals surface area contributed by atoms with Crippen LogP contribution in [0, 0.1) is 13.8 Å². The Balaban J connectivity index is 1.54. The lowest BCUT2D eigenvalue weighted by Crippen LogP contribution is -2.17. The summed E-state index contributed by atoms with van der Waals surface area (Å²) in [4.78, 5) is 12.4. The summed E-state index contributed by atoms with van der Waals surface area (Å²) in [7, 11) is 0. The average Bonchev–Trinajstić information content (AvgIpc) is 2.96. The summed E-state index contributed by atoms with van der Waals surface area (Å²) in [6.07, 6.45) is 2.57. The predicted octanol–water partition coefficient (Wildman–Crippen LogP) is 4.64. The van der Waals surface area contributed by atoms with Crippen LogP contribution in [0.4, 0.5) is 0 Å². The molecule has 1 saturated heterocycles. The van der Waals surface area contributed by atoms with E-state index in [-0.39, 0.29) is 5.91 Å². The Kier molecular flexibility index (Phi) is 6.53. The largest absolute Gasteiger partial charge is 0.493 e. The highest BCUT2D eigenvalue weighted by atomic mass is 32.2. The molecule has 27 heavy (non-hydrogen) atoms. The number of aryl methyl sites for hydroxylation is 2. The molecule has 1 N–H and O–H groups in total. The third-order valence-electron chi connectivity index (χ3n) is 4.00. The van der Waals surface area contributed by atoms with Crippen molar-refractivity contribution < 1.29 is 14.3 Å². The van der Waals surface area contributed by atoms with Crippen molar-refractivity contribution in [3.8, 4) is 11.5 Å². The highest BCUT2D eigenvalue weighted by molar-refractivity contribution is 8.26. The Morgan fingerprint density at radius 2 is 1.81 bits per heavy atom. The smallest absolute Gasteiger partial charge is 0.263 e. The molecule has 6 heteroatoms. The topological polar surface area (TPSA) is 47.6 Å². The summed E-state index contributed by atoms with van der Waals surface area (Å²) >= 11 is 6.29. The first kappa shape index (κ1) is 19.5. The monoisotopic (exact) mass is 399 g/mol. The van der Waals surface area contributed by atoms with Gasteiger partial charge in [-0.25, -0.2) is 0 Å². The molecule has 2 aromatic rings. The molecule has 0 atom stereocenters. The van der Waals surface area contributed by atoms with Crippen molar-refractivity contribution in [1.82, 2.24) is 5.32 Å². The van der Waals surface area contributed by atoms with Gasteiger partial charge in [0.1, 0.15) is 15.8 Å². The normalized spacial score (nSPS) is 15.1. The van der Waals surface area contributed by atoms with Crippen molar-refractivity contribution in [3.63, 3.8) is 0 Å². The molecule has 1 aliphatic heterocycles. The van der Waals surface area contributed by atoms with E-state index in [0.717, 1.165) is 29.0 Å². The molecule has 1 fully saturated rings. The van der Waals surface area contributed by atoms with E-state index in [9.17, 15) is 4.79 Å². The molecule has 0 aliphatic carbocycles. The van der Waals surface area contributed by atoms with Crippen molar-refractivity contribution >= 4 is 40.3 Å². The lowest BCUT2D eigenvalue weighted by atomic mass is 10.1. The second-order valence-electron chi connectivity index (χ2n) is 6.21. The maximum atomic E-state index is 11.8. The molecule has 0 radical (unpaired) electrons. The number of hydrogen-bond donors (Lipinski definition) is 1. The minimum absolute atomic E-state index is 0.165. The highest BCUT2D eigenvalue weighted by Crippen LogP contribution is 2.29. The van der Waals surface area contributed by atoms with Gasteiger partial charge in [-0.1, -0.05) is 54.3 Å². The number of para-hydroxylation sites is 1. The fraction of sp³-hybridized carbons (Fsp3) is 0.238. The Bertz CT molecular complexity index is 893. The summed E-state index contributed by atoms with van der Waals surface area (Å²) < 4.78 is 12.2. The molecule has 2 aromatic carbocycles. The van der Waals surface area contributed by atoms with Gasteiger partial charge in [0.05, 0.1) is 18.1 Å². The Labute approximate surface area is 168 Å². The standard InChI is InChI=1S/C21H21NO3S2/c1-14-8-9-15(2)18(12-14)25-11-5-10-24-17-7-4-3-6-16(17)13-19-20(23)22-21(26)27-19/h3-4,6-9,12-13H,5,10-11H2,1-2H3,(H,22,23,26). The van der Waals surface area contributed by atoms with Crippen molar-refractivity contribution in [3.05, 3.63) is 64.1 Å². The van der Waals surface area contributed by atoms with E-state index in [1.54, 1.807) is 6.08 Å². The zero-order valence-electron chi connectivity index (χ0n) is 15.3. The van der Waals surface area contributed by atoms with Gasteiger partial charge in [0, 0.05) is 12.0 Å². The molecule has 1 heterocycles. The van der Waals surface area contributed by atoms with Crippen molar-refractivity contribution in [2.45, 2.75) is 20.3 Å². The third kappa shape index (κ3) is 5.34. The van der Waals surface area contributed by atoms with Gasteiger partial charge in [-0.2, -0.15) is 0 Å². The van der Waals surface area contributed by atoms with E-state index < -0.39 is 0 Å². The molecule has 1 aliphatic rings. The van der Waals surface area contributed by atoms with Gasteiger partial charge in [0.2, 0.25) is 0 Å². The molecule has 1 amide bonds. The van der Waals surface area contributed by atoms with E-state index in [1.807, 2.05) is 37.3 Å². The number of rotatable bonds is 7. The summed E-state index contributed by atoms with van der Waals surface area (Å²) in [6, 6.07) is 13.8. The van der Waals surface area contributed by atoms with Gasteiger partial charge in [-0.3, -0.25) is 4.79 Å². The number of carbonyl (C=O) groups is 1. The van der Waals surface area contributed by atoms with Crippen LogP contribution >= 0.6 is 24.0 Å². The second kappa shape index (κ2) is 9.06. The summed E-state index contributed by atoms with van der Waals surface area (Å²) in [6.45, 7) is 5.21. The molecule has 4 nitrogen and oxygen atoms in total. The first-order valence-corrected chi connectivity index (χ1v) is 9.92. The van der Waals surface area contributed by atoms with Crippen molar-refractivity contribution in [2.24, 2.45) is 0 Å². The third-order valence-corrected chi connectivity index (χ3v) is 5.16. The Morgan fingerprint density at radius 1 is 1.07 bits per heavy atom. The fourth-order valence-corrected chi connectivity index (χ4v) is 3.61. The number of thioether (sulfide) groups is 1. The zero-order chi connectivity index (χ0) is 19.2. The second-order valence-corrected chi connectivity index (χ2v) is 7.93. The SMILES string of the molecule is Cc1ccc(C)c(OCCCOc2ccccc2C=C2SC(=S)NC2=O)c1. The maximum absolute atomic E-state index is 11.8. The van der Waals surface area contributed by atoms with E-state index in [2.05, 4.69) is 24.4 Å². The number of benzene rings is 2. The van der Waals surface area contributed by atoms with E-state index in [1.165, 1.54) is 17.3 Å². The maximum Gasteiger partial charge on any atom is 0.263 e. The molecule has 0 saturated carbocycles. The average molecular weight is 400 g/mol. The van der Waals surface area contributed by atoms with E-state index in [4.69, 9.17) is 21.7 Å². The first-order valence-electron chi connectivity index (χ1n) is 8.69. The lowest BCUT2D eigenvalue weighted by molar-refractivity contribution is -0.115. The summed E-state index contributed by atoms with van der Waals surface area (Å²) in [5, 5.41) is 2.62. The van der Waals surface area contributed by atoms with Crippen LogP contribution in [-0.2, 0) is 4.79 Å². The van der Waals surface area contributed by atoms with E-state index >= 15 is 0 Å². The van der Waals surface area contributed by atoms with Crippen LogP contribution in [0.5, 0.6) is 11.5 Å². The molecular formula is C21H21NO3S2. The number of thiocarbonyl (C=S) groups is 1. The molecule has 140 valence electrons. The van der Waals surface area contributed by atoms with Crippen LogP contribution in [0.3, 0.4) is 0 Å². The van der Waals surface area contributed by atoms with Crippen LogP contribution in [0.2, 0.25) is 0 Å². The molecule has 0 unspecified atom stereocenters. The lowest BCUT2D eigenvalue weighted by Gasteiger charge is -2.12. The number of nitrogens with one attached hydrogen (secondary N) is 1. The van der Waals surface area contributed by atoms with E-state index in [0.29, 0.717) is 22.4 Å². The minimum Gasteiger partial charge on any atom is -0.493 e. The van der Waals surface area contributed by atoms with Crippen LogP contribution in [0.25, 0.3) is 6.08 Å². The van der Waals surface area contributed by atoms with Gasteiger partial charge < -0.3 is 14.8 Å². The summed E-state index contributed by atoms with van der Waals surface area (Å²) in [5.41, 5.74) is 3.17. The first-order chi connectivity index (χ1) is 13.0. The van der Waals surface area contributed by atoms with Gasteiger partial charge >= 0.3 is 0 Å². The van der Waals surface area contributed by atoms with Crippen LogP contribution in [0.1, 0.15) is 23.1 Å².